The van der Waals surface area contributed by atoms with Gasteiger partial charge < -0.3 is 14.1 Å². The molecule has 0 radical (unpaired) electrons. The second-order valence-corrected chi connectivity index (χ2v) is 8.66. The molecule has 0 spiro atoms. The lowest BCUT2D eigenvalue weighted by Crippen LogP contribution is -2.52. The molecule has 1 N–H and O–H groups in total. The van der Waals surface area contributed by atoms with E-state index in [0.29, 0.717) is 6.04 Å². The summed E-state index contributed by atoms with van der Waals surface area (Å²) < 4.78 is 7.88. The van der Waals surface area contributed by atoms with Crippen LogP contribution in [0.3, 0.4) is 0 Å². The molecule has 3 aromatic rings. The molecule has 1 aliphatic rings. The minimum atomic E-state index is 0.190. The van der Waals surface area contributed by atoms with Gasteiger partial charge >= 0.3 is 0 Å². The predicted octanol–water partition coefficient (Wildman–Crippen LogP) is 2.33. The number of hydrogen-bond donors (Lipinski definition) is 1. The summed E-state index contributed by atoms with van der Waals surface area (Å²) in [5, 5.41) is 19.2. The van der Waals surface area contributed by atoms with Gasteiger partial charge in [0.05, 0.1) is 12.2 Å². The Balaban J connectivity index is 1.35. The zero-order valence-electron chi connectivity index (χ0n) is 17.4. The Morgan fingerprint density at radius 1 is 1.20 bits per heavy atom. The van der Waals surface area contributed by atoms with Crippen LogP contribution in [0.2, 0.25) is 0 Å². The zero-order chi connectivity index (χ0) is 20.9. The number of piperazine rings is 1. The molecule has 8 nitrogen and oxygen atoms in total. The van der Waals surface area contributed by atoms with Gasteiger partial charge in [0, 0.05) is 51.6 Å². The van der Waals surface area contributed by atoms with E-state index >= 15 is 0 Å². The van der Waals surface area contributed by atoms with Crippen LogP contribution in [0, 0.1) is 6.92 Å². The van der Waals surface area contributed by atoms with Crippen LogP contribution in [0.4, 0.5) is 0 Å². The first-order chi connectivity index (χ1) is 14.6. The molecule has 1 fully saturated rings. The van der Waals surface area contributed by atoms with E-state index in [2.05, 4.69) is 37.1 Å². The molecule has 160 valence electrons. The normalized spacial score (nSPS) is 18.2. The monoisotopic (exact) mass is 428 g/mol. The van der Waals surface area contributed by atoms with Crippen LogP contribution in [0.5, 0.6) is 0 Å². The number of aromatic nitrogens is 4. The minimum Gasteiger partial charge on any atom is -0.453 e. The van der Waals surface area contributed by atoms with Crippen molar-refractivity contribution in [2.45, 2.75) is 42.7 Å². The number of pyridine rings is 1. The number of aryl methyl sites for hydroxylation is 2. The van der Waals surface area contributed by atoms with Crippen LogP contribution in [0.15, 0.2) is 51.3 Å². The summed E-state index contributed by atoms with van der Waals surface area (Å²) in [6.45, 7) is 6.60. The lowest BCUT2D eigenvalue weighted by Gasteiger charge is -2.41. The van der Waals surface area contributed by atoms with Crippen molar-refractivity contribution in [2.24, 2.45) is 7.05 Å². The standard InChI is InChI=1S/C21H28N6O2S/c1-16-4-3-5-17(23-16)12-27-10-9-26(13-18(27)8-11-28)14-19-6-7-20(29-19)30-21-24-22-15-25(21)2/h3-7,15,18,28H,8-14H2,1-2H3/t18-/m1/s1. The first-order valence-corrected chi connectivity index (χ1v) is 11.0. The van der Waals surface area contributed by atoms with Crippen LogP contribution in [-0.2, 0) is 20.1 Å². The Morgan fingerprint density at radius 2 is 2.10 bits per heavy atom. The molecule has 9 heteroatoms. The van der Waals surface area contributed by atoms with Crippen molar-refractivity contribution >= 4 is 11.8 Å². The molecule has 4 rings (SSSR count). The van der Waals surface area contributed by atoms with E-state index in [4.69, 9.17) is 4.42 Å². The average Bonchev–Trinajstić information content (AvgIpc) is 3.33. The lowest BCUT2D eigenvalue weighted by atomic mass is 10.1. The SMILES string of the molecule is Cc1cccc(CN2CCN(Cc3ccc(Sc4nncn4C)o3)C[C@H]2CCO)n1. The van der Waals surface area contributed by atoms with E-state index in [-0.39, 0.29) is 6.61 Å². The molecule has 4 heterocycles. The molecular weight excluding hydrogens is 400 g/mol. The molecule has 30 heavy (non-hydrogen) atoms. The number of nitrogens with zero attached hydrogens (tertiary/aromatic N) is 6. The van der Waals surface area contributed by atoms with E-state index in [0.717, 1.165) is 66.5 Å². The molecule has 1 aliphatic heterocycles. The highest BCUT2D eigenvalue weighted by atomic mass is 32.2. The van der Waals surface area contributed by atoms with Gasteiger partial charge in [0.15, 0.2) is 10.2 Å². The highest BCUT2D eigenvalue weighted by Crippen LogP contribution is 2.28. The Kier molecular flexibility index (Phi) is 6.83. The zero-order valence-corrected chi connectivity index (χ0v) is 18.3. The molecule has 0 aliphatic carbocycles. The van der Waals surface area contributed by atoms with Gasteiger partial charge in [0.2, 0.25) is 0 Å². The number of hydrogen-bond acceptors (Lipinski definition) is 8. The molecule has 0 unspecified atom stereocenters. The highest BCUT2D eigenvalue weighted by molar-refractivity contribution is 7.99. The van der Waals surface area contributed by atoms with Gasteiger partial charge in [0.25, 0.3) is 0 Å². The largest absolute Gasteiger partial charge is 0.453 e. The molecule has 3 aromatic heterocycles. The third kappa shape index (κ3) is 5.28. The molecule has 0 aromatic carbocycles. The van der Waals surface area contributed by atoms with E-state index < -0.39 is 0 Å². The molecule has 0 saturated carbocycles. The highest BCUT2D eigenvalue weighted by Gasteiger charge is 2.27. The van der Waals surface area contributed by atoms with Crippen LogP contribution in [0.25, 0.3) is 0 Å². The van der Waals surface area contributed by atoms with Gasteiger partial charge in [-0.15, -0.1) is 10.2 Å². The smallest absolute Gasteiger partial charge is 0.198 e. The van der Waals surface area contributed by atoms with Gasteiger partial charge in [-0.05, 0) is 49.4 Å². The second kappa shape index (κ2) is 9.74. The summed E-state index contributed by atoms with van der Waals surface area (Å²) in [6.07, 6.45) is 2.44. The van der Waals surface area contributed by atoms with Crippen molar-refractivity contribution in [3.8, 4) is 0 Å². The third-order valence-electron chi connectivity index (χ3n) is 5.34. The summed E-state index contributed by atoms with van der Waals surface area (Å²) in [5.74, 6) is 0.941. The molecule has 1 saturated heterocycles. The predicted molar refractivity (Wildman–Crippen MR) is 114 cm³/mol. The topological polar surface area (TPSA) is 83.5 Å². The first kappa shape index (κ1) is 21.0. The fourth-order valence-corrected chi connectivity index (χ4v) is 4.54. The van der Waals surface area contributed by atoms with Crippen molar-refractivity contribution in [2.75, 3.05) is 26.2 Å². The van der Waals surface area contributed by atoms with Crippen molar-refractivity contribution in [3.63, 3.8) is 0 Å². The van der Waals surface area contributed by atoms with Gasteiger partial charge in [-0.3, -0.25) is 14.8 Å². The summed E-state index contributed by atoms with van der Waals surface area (Å²) >= 11 is 1.47. The fraction of sp³-hybridized carbons (Fsp3) is 0.476. The molecular formula is C21H28N6O2S. The summed E-state index contributed by atoms with van der Waals surface area (Å²) in [7, 11) is 1.92. The van der Waals surface area contributed by atoms with Crippen LogP contribution < -0.4 is 0 Å². The van der Waals surface area contributed by atoms with E-state index in [1.165, 1.54) is 11.8 Å². The van der Waals surface area contributed by atoms with Crippen LogP contribution >= 0.6 is 11.8 Å². The Labute approximate surface area is 180 Å². The van der Waals surface area contributed by atoms with Crippen LogP contribution in [-0.4, -0.2) is 66.9 Å². The maximum atomic E-state index is 9.58. The first-order valence-electron chi connectivity index (χ1n) is 10.2. The number of rotatable bonds is 8. The van der Waals surface area contributed by atoms with E-state index in [1.54, 1.807) is 6.33 Å². The third-order valence-corrected chi connectivity index (χ3v) is 6.31. The van der Waals surface area contributed by atoms with Crippen molar-refractivity contribution in [1.82, 2.24) is 29.5 Å². The van der Waals surface area contributed by atoms with Crippen molar-refractivity contribution < 1.29 is 9.52 Å². The van der Waals surface area contributed by atoms with E-state index in [9.17, 15) is 5.11 Å². The number of furan rings is 1. The Hall–Kier alpha value is -2.20. The maximum absolute atomic E-state index is 9.58. The Morgan fingerprint density at radius 3 is 2.87 bits per heavy atom. The Bertz CT molecular complexity index is 958. The molecule has 0 amide bonds. The maximum Gasteiger partial charge on any atom is 0.198 e. The molecule has 0 bridgehead atoms. The number of aliphatic hydroxyl groups excluding tert-OH is 1. The van der Waals surface area contributed by atoms with Gasteiger partial charge in [-0.25, -0.2) is 0 Å². The lowest BCUT2D eigenvalue weighted by molar-refractivity contribution is 0.0455. The van der Waals surface area contributed by atoms with Gasteiger partial charge in [-0.2, -0.15) is 0 Å². The van der Waals surface area contributed by atoms with Crippen LogP contribution in [0.1, 0.15) is 23.6 Å². The second-order valence-electron chi connectivity index (χ2n) is 7.69. The fourth-order valence-electron chi connectivity index (χ4n) is 3.80. The quantitative estimate of drug-likeness (QED) is 0.585. The van der Waals surface area contributed by atoms with E-state index in [1.807, 2.05) is 36.7 Å². The number of aliphatic hydroxyl groups is 1. The van der Waals surface area contributed by atoms with Gasteiger partial charge in [-0.1, -0.05) is 6.07 Å². The summed E-state index contributed by atoms with van der Waals surface area (Å²) in [5.41, 5.74) is 2.13. The van der Waals surface area contributed by atoms with Crippen molar-refractivity contribution in [1.29, 1.82) is 0 Å². The van der Waals surface area contributed by atoms with Gasteiger partial charge in [0.1, 0.15) is 12.1 Å². The summed E-state index contributed by atoms with van der Waals surface area (Å²) in [4.78, 5) is 9.48. The minimum absolute atomic E-state index is 0.190. The van der Waals surface area contributed by atoms with Crippen molar-refractivity contribution in [3.05, 3.63) is 53.8 Å². The average molecular weight is 429 g/mol. The molecule has 1 atom stereocenters. The summed E-state index contributed by atoms with van der Waals surface area (Å²) in [6, 6.07) is 10.5.